The Bertz CT molecular complexity index is 166. The lowest BCUT2D eigenvalue weighted by Gasteiger charge is -2.25. The number of fused-ring (bicyclic) bond motifs is 2. The number of halogens is 3. The molecule has 2 aliphatic rings. The Kier molecular flexibility index (Phi) is 2.20. The molecule has 0 saturated heterocycles. The highest BCUT2D eigenvalue weighted by Crippen LogP contribution is 2.58. The number of hydrogen-bond acceptors (Lipinski definition) is 0. The van der Waals surface area contributed by atoms with Crippen molar-refractivity contribution in [2.75, 3.05) is 0 Å². The van der Waals surface area contributed by atoms with E-state index in [1.165, 1.54) is 25.7 Å². The summed E-state index contributed by atoms with van der Waals surface area (Å²) in [5.41, 5.74) is 0.478. The van der Waals surface area contributed by atoms with E-state index in [-0.39, 0.29) is 0 Å². The van der Waals surface area contributed by atoms with E-state index in [1.807, 2.05) is 0 Å². The minimum Gasteiger partial charge on any atom is -0.126 e. The second-order valence-electron chi connectivity index (χ2n) is 3.82. The summed E-state index contributed by atoms with van der Waals surface area (Å²) in [5, 5.41) is 0. The zero-order valence-corrected chi connectivity index (χ0v) is 9.46. The van der Waals surface area contributed by atoms with E-state index in [2.05, 4.69) is 0 Å². The smallest absolute Gasteiger partial charge is 0.126 e. The van der Waals surface area contributed by atoms with E-state index in [4.69, 9.17) is 33.2 Å². The minimum atomic E-state index is -2.36. The first kappa shape index (κ1) is 8.67. The van der Waals surface area contributed by atoms with Gasteiger partial charge in [-0.2, -0.15) is 0 Å². The highest BCUT2D eigenvalue weighted by atomic mass is 35.8. The van der Waals surface area contributed by atoms with Crippen LogP contribution in [-0.2, 0) is 0 Å². The van der Waals surface area contributed by atoms with Crippen LogP contribution in [0.1, 0.15) is 25.7 Å². The summed E-state index contributed by atoms with van der Waals surface area (Å²) in [6.45, 7) is 0. The van der Waals surface area contributed by atoms with Crippen LogP contribution in [-0.4, -0.2) is 6.00 Å². The van der Waals surface area contributed by atoms with Gasteiger partial charge in [-0.15, -0.1) is 33.2 Å². The Labute approximate surface area is 82.3 Å². The lowest BCUT2D eigenvalue weighted by molar-refractivity contribution is 0.477. The predicted octanol–water partition coefficient (Wildman–Crippen LogP) is 3.83. The molecule has 2 rings (SSSR count). The largest absolute Gasteiger partial charge is 0.344 e. The third-order valence-corrected chi connectivity index (χ3v) is 7.23. The minimum absolute atomic E-state index is 0.478. The quantitative estimate of drug-likeness (QED) is 0.474. The van der Waals surface area contributed by atoms with Gasteiger partial charge in [-0.25, -0.2) is 0 Å². The first-order chi connectivity index (χ1) is 5.07. The van der Waals surface area contributed by atoms with E-state index in [0.717, 1.165) is 11.8 Å². The summed E-state index contributed by atoms with van der Waals surface area (Å²) >= 11 is 18.0. The lowest BCUT2D eigenvalue weighted by Crippen LogP contribution is -2.24. The molecule has 0 amide bonds. The SMILES string of the molecule is Cl[Si](Cl)(Cl)C1CC2CCC1C2. The van der Waals surface area contributed by atoms with Gasteiger partial charge in [-0.3, -0.25) is 0 Å². The fourth-order valence-corrected chi connectivity index (χ4v) is 6.49. The fraction of sp³-hybridized carbons (Fsp3) is 1.00. The lowest BCUT2D eigenvalue weighted by atomic mass is 10.0. The van der Waals surface area contributed by atoms with Crippen molar-refractivity contribution in [3.05, 3.63) is 0 Å². The molecule has 2 bridgehead atoms. The van der Waals surface area contributed by atoms with Gasteiger partial charge in [0.15, 0.2) is 0 Å². The molecule has 0 aromatic heterocycles. The second kappa shape index (κ2) is 2.80. The molecule has 2 saturated carbocycles. The summed E-state index contributed by atoms with van der Waals surface area (Å²) < 4.78 is 0. The Morgan fingerprint density at radius 2 is 1.73 bits per heavy atom. The molecule has 3 unspecified atom stereocenters. The van der Waals surface area contributed by atoms with E-state index in [9.17, 15) is 0 Å². The maximum Gasteiger partial charge on any atom is 0.344 e. The van der Waals surface area contributed by atoms with Gasteiger partial charge in [0.25, 0.3) is 0 Å². The van der Waals surface area contributed by atoms with Crippen LogP contribution in [0.2, 0.25) is 5.54 Å². The molecule has 2 aliphatic carbocycles. The van der Waals surface area contributed by atoms with Gasteiger partial charge in [-0.05, 0) is 30.2 Å². The third kappa shape index (κ3) is 1.58. The van der Waals surface area contributed by atoms with E-state index in [0.29, 0.717) is 5.54 Å². The Morgan fingerprint density at radius 3 is 2.00 bits per heavy atom. The van der Waals surface area contributed by atoms with Crippen molar-refractivity contribution in [2.45, 2.75) is 31.2 Å². The summed E-state index contributed by atoms with van der Waals surface area (Å²) in [6.07, 6.45) is 5.24. The maximum atomic E-state index is 6.00. The molecule has 64 valence electrons. The zero-order valence-electron chi connectivity index (χ0n) is 6.19. The molecule has 0 nitrogen and oxygen atoms in total. The molecule has 0 aliphatic heterocycles. The third-order valence-electron chi connectivity index (χ3n) is 3.16. The molecular weight excluding hydrogens is 219 g/mol. The van der Waals surface area contributed by atoms with Crippen LogP contribution >= 0.6 is 33.2 Å². The molecule has 11 heavy (non-hydrogen) atoms. The van der Waals surface area contributed by atoms with Crippen molar-refractivity contribution >= 4 is 39.2 Å². The summed E-state index contributed by atoms with van der Waals surface area (Å²) in [4.78, 5) is 0. The van der Waals surface area contributed by atoms with Crippen LogP contribution in [0.4, 0.5) is 0 Å². The average Bonchev–Trinajstić information content (AvgIpc) is 2.42. The predicted molar refractivity (Wildman–Crippen MR) is 52.5 cm³/mol. The van der Waals surface area contributed by atoms with Crippen LogP contribution in [0.3, 0.4) is 0 Å². The van der Waals surface area contributed by atoms with Crippen molar-refractivity contribution < 1.29 is 0 Å². The fourth-order valence-electron chi connectivity index (χ4n) is 2.65. The van der Waals surface area contributed by atoms with Gasteiger partial charge in [0.05, 0.1) is 0 Å². The summed E-state index contributed by atoms with van der Waals surface area (Å²) in [7, 11) is 0. The van der Waals surface area contributed by atoms with Crippen LogP contribution in [0.15, 0.2) is 0 Å². The van der Waals surface area contributed by atoms with Gasteiger partial charge in [0.2, 0.25) is 0 Å². The number of rotatable bonds is 1. The normalized spacial score (nSPS) is 43.4. The molecule has 2 fully saturated rings. The van der Waals surface area contributed by atoms with Crippen molar-refractivity contribution in [3.8, 4) is 0 Å². The van der Waals surface area contributed by atoms with Crippen molar-refractivity contribution in [2.24, 2.45) is 11.8 Å². The van der Waals surface area contributed by atoms with Gasteiger partial charge in [0.1, 0.15) is 0 Å². The first-order valence-corrected chi connectivity index (χ1v) is 9.25. The molecule has 0 N–H and O–H groups in total. The van der Waals surface area contributed by atoms with Crippen LogP contribution in [0.25, 0.3) is 0 Å². The molecule has 0 radical (unpaired) electrons. The van der Waals surface area contributed by atoms with E-state index < -0.39 is 6.00 Å². The highest BCUT2D eigenvalue weighted by molar-refractivity contribution is 7.65. The second-order valence-corrected chi connectivity index (χ2v) is 12.8. The van der Waals surface area contributed by atoms with Crippen LogP contribution in [0, 0.1) is 11.8 Å². The molecule has 0 aromatic rings. The molecule has 0 heterocycles. The monoisotopic (exact) mass is 228 g/mol. The summed E-state index contributed by atoms with van der Waals surface area (Å²) in [5.74, 6) is 1.66. The average molecular weight is 230 g/mol. The molecule has 0 spiro atoms. The van der Waals surface area contributed by atoms with Crippen LogP contribution < -0.4 is 0 Å². The van der Waals surface area contributed by atoms with Gasteiger partial charge < -0.3 is 0 Å². The first-order valence-electron chi connectivity index (χ1n) is 4.14. The van der Waals surface area contributed by atoms with Gasteiger partial charge in [-0.1, -0.05) is 12.8 Å². The van der Waals surface area contributed by atoms with Gasteiger partial charge >= 0.3 is 6.00 Å². The van der Waals surface area contributed by atoms with Crippen LogP contribution in [0.5, 0.6) is 0 Å². The van der Waals surface area contributed by atoms with Crippen molar-refractivity contribution in [1.82, 2.24) is 0 Å². The van der Waals surface area contributed by atoms with Gasteiger partial charge in [0, 0.05) is 0 Å². The molecule has 0 aromatic carbocycles. The Balaban J connectivity index is 2.08. The van der Waals surface area contributed by atoms with E-state index in [1.54, 1.807) is 0 Å². The molecule has 4 heteroatoms. The maximum absolute atomic E-state index is 6.00. The Hall–Kier alpha value is 1.09. The van der Waals surface area contributed by atoms with Crippen molar-refractivity contribution in [1.29, 1.82) is 0 Å². The Morgan fingerprint density at radius 1 is 1.00 bits per heavy atom. The van der Waals surface area contributed by atoms with Crippen molar-refractivity contribution in [3.63, 3.8) is 0 Å². The highest BCUT2D eigenvalue weighted by Gasteiger charge is 2.50. The molecule has 3 atom stereocenters. The topological polar surface area (TPSA) is 0 Å². The standard InChI is InChI=1S/C7H11Cl3Si/c8-11(9,10)7-4-5-1-2-6(7)3-5/h5-7H,1-4H2. The zero-order chi connectivity index (χ0) is 8.06. The molecular formula is C7H11Cl3Si. The summed E-state index contributed by atoms with van der Waals surface area (Å²) in [6, 6.07) is -2.36. The van der Waals surface area contributed by atoms with E-state index >= 15 is 0 Å². The number of hydrogen-bond donors (Lipinski definition) is 0.